The molecule has 2 aromatic heterocycles. The minimum absolute atomic E-state index is 0.0419. The van der Waals surface area contributed by atoms with Gasteiger partial charge in [0.25, 0.3) is 0 Å². The summed E-state index contributed by atoms with van der Waals surface area (Å²) >= 11 is 0. The smallest absolute Gasteiger partial charge is 0.167 e. The van der Waals surface area contributed by atoms with Gasteiger partial charge in [-0.2, -0.15) is 0 Å². The summed E-state index contributed by atoms with van der Waals surface area (Å²) in [6.07, 6.45) is 5.61. The average molecular weight is 249 g/mol. The molecule has 3 N–H and O–H groups in total. The molecule has 0 radical (unpaired) electrons. The lowest BCUT2D eigenvalue weighted by atomic mass is 10.1. The molecule has 7 nitrogen and oxygen atoms in total. The van der Waals surface area contributed by atoms with Gasteiger partial charge in [0.2, 0.25) is 0 Å². The molecule has 0 unspecified atom stereocenters. The van der Waals surface area contributed by atoms with Gasteiger partial charge in [-0.05, 0) is 19.3 Å². The van der Waals surface area contributed by atoms with Crippen LogP contribution in [-0.4, -0.2) is 37.3 Å². The van der Waals surface area contributed by atoms with Gasteiger partial charge in [0.05, 0.1) is 19.0 Å². The van der Waals surface area contributed by atoms with Crippen LogP contribution in [0.5, 0.6) is 0 Å². The second-order valence-electron chi connectivity index (χ2n) is 4.41. The molecule has 96 valence electrons. The number of rotatable bonds is 2. The van der Waals surface area contributed by atoms with Gasteiger partial charge in [0.1, 0.15) is 18.1 Å². The number of hydrogen-bond acceptors (Lipinski definition) is 6. The number of nitrogens with two attached hydrogens (primary N) is 1. The van der Waals surface area contributed by atoms with Crippen molar-refractivity contribution in [3.05, 3.63) is 12.7 Å². The van der Waals surface area contributed by atoms with E-state index < -0.39 is 0 Å². The maximum absolute atomic E-state index is 9.17. The van der Waals surface area contributed by atoms with E-state index >= 15 is 0 Å². The first kappa shape index (κ1) is 11.4. The molecule has 1 aliphatic heterocycles. The van der Waals surface area contributed by atoms with Crippen molar-refractivity contribution in [2.75, 3.05) is 12.3 Å². The maximum atomic E-state index is 9.17. The van der Waals surface area contributed by atoms with E-state index in [9.17, 15) is 0 Å². The first-order valence-corrected chi connectivity index (χ1v) is 5.99. The predicted octanol–water partition coefficient (Wildman–Crippen LogP) is 0.468. The second-order valence-corrected chi connectivity index (χ2v) is 4.41. The average Bonchev–Trinajstić information content (AvgIpc) is 2.84. The third-order valence-corrected chi connectivity index (χ3v) is 3.23. The van der Waals surface area contributed by atoms with Crippen LogP contribution in [0.3, 0.4) is 0 Å². The number of imidazole rings is 1. The number of anilines is 1. The number of aliphatic hydroxyl groups is 1. The monoisotopic (exact) mass is 249 g/mol. The summed E-state index contributed by atoms with van der Waals surface area (Å²) in [5.74, 6) is 0.369. The van der Waals surface area contributed by atoms with Crippen molar-refractivity contribution in [2.45, 2.75) is 31.6 Å². The minimum atomic E-state index is -0.143. The first-order chi connectivity index (χ1) is 8.79. The summed E-state index contributed by atoms with van der Waals surface area (Å²) in [6.45, 7) is 0.0419. The lowest BCUT2D eigenvalue weighted by Crippen LogP contribution is -2.28. The molecule has 2 aromatic rings. The molecule has 1 aliphatic rings. The van der Waals surface area contributed by atoms with Crippen LogP contribution < -0.4 is 5.73 Å². The Morgan fingerprint density at radius 3 is 3.11 bits per heavy atom. The Kier molecular flexibility index (Phi) is 2.85. The van der Waals surface area contributed by atoms with Gasteiger partial charge in [-0.25, -0.2) is 15.0 Å². The molecule has 0 saturated carbocycles. The zero-order valence-electron chi connectivity index (χ0n) is 9.86. The Hall–Kier alpha value is -1.73. The number of aliphatic hydroxyl groups excluding tert-OH is 1. The number of nitrogen functional groups attached to an aromatic ring is 1. The standard InChI is InChI=1S/C11H15N5O2/c12-10-9-11(14-5-13-10)16(6-15-9)8-3-1-2-7(4-17)18-8/h5-8,17H,1-4H2,(H2,12,13,14)/t7-,8+/m1/s1. The van der Waals surface area contributed by atoms with Crippen LogP contribution >= 0.6 is 0 Å². The van der Waals surface area contributed by atoms with E-state index in [1.54, 1.807) is 6.33 Å². The molecule has 3 rings (SSSR count). The third kappa shape index (κ3) is 1.81. The number of aromatic nitrogens is 4. The molecule has 0 bridgehead atoms. The van der Waals surface area contributed by atoms with E-state index in [2.05, 4.69) is 15.0 Å². The highest BCUT2D eigenvalue weighted by atomic mass is 16.5. The summed E-state index contributed by atoms with van der Waals surface area (Å²) in [5, 5.41) is 9.17. The molecule has 1 saturated heterocycles. The lowest BCUT2D eigenvalue weighted by molar-refractivity contribution is -0.105. The van der Waals surface area contributed by atoms with Gasteiger partial charge in [0, 0.05) is 0 Å². The Morgan fingerprint density at radius 1 is 1.39 bits per heavy atom. The second kappa shape index (κ2) is 4.51. The summed E-state index contributed by atoms with van der Waals surface area (Å²) in [6, 6.07) is 0. The van der Waals surface area contributed by atoms with Gasteiger partial charge >= 0.3 is 0 Å². The fourth-order valence-corrected chi connectivity index (χ4v) is 2.30. The van der Waals surface area contributed by atoms with Crippen LogP contribution in [0.1, 0.15) is 25.5 Å². The van der Waals surface area contributed by atoms with E-state index in [0.717, 1.165) is 19.3 Å². The largest absolute Gasteiger partial charge is 0.394 e. The quantitative estimate of drug-likeness (QED) is 0.802. The van der Waals surface area contributed by atoms with Crippen molar-refractivity contribution in [1.82, 2.24) is 19.5 Å². The molecular weight excluding hydrogens is 234 g/mol. The lowest BCUT2D eigenvalue weighted by Gasteiger charge is -2.29. The van der Waals surface area contributed by atoms with Crippen LogP contribution in [0.25, 0.3) is 11.2 Å². The summed E-state index contributed by atoms with van der Waals surface area (Å²) in [7, 11) is 0. The molecule has 1 fully saturated rings. The molecule has 7 heteroatoms. The first-order valence-electron chi connectivity index (χ1n) is 5.99. The number of fused-ring (bicyclic) bond motifs is 1. The topological polar surface area (TPSA) is 99.1 Å². The molecule has 0 aromatic carbocycles. The van der Waals surface area contributed by atoms with Gasteiger partial charge in [0.15, 0.2) is 11.5 Å². The Balaban J connectivity index is 1.96. The van der Waals surface area contributed by atoms with Crippen LogP contribution in [-0.2, 0) is 4.74 Å². The van der Waals surface area contributed by atoms with Crippen LogP contribution in [0.4, 0.5) is 5.82 Å². The Morgan fingerprint density at radius 2 is 2.28 bits per heavy atom. The van der Waals surface area contributed by atoms with E-state index in [-0.39, 0.29) is 18.9 Å². The highest BCUT2D eigenvalue weighted by molar-refractivity contribution is 5.81. The zero-order chi connectivity index (χ0) is 12.5. The van der Waals surface area contributed by atoms with Gasteiger partial charge in [-0.15, -0.1) is 0 Å². The Labute approximate surface area is 104 Å². The van der Waals surface area contributed by atoms with E-state index in [4.69, 9.17) is 15.6 Å². The molecular formula is C11H15N5O2. The number of nitrogens with zero attached hydrogens (tertiary/aromatic N) is 4. The van der Waals surface area contributed by atoms with Crippen molar-refractivity contribution >= 4 is 17.0 Å². The zero-order valence-corrected chi connectivity index (χ0v) is 9.86. The van der Waals surface area contributed by atoms with Crippen molar-refractivity contribution in [3.8, 4) is 0 Å². The van der Waals surface area contributed by atoms with Gasteiger partial charge in [-0.3, -0.25) is 4.57 Å². The fourth-order valence-electron chi connectivity index (χ4n) is 2.30. The van der Waals surface area contributed by atoms with Crippen LogP contribution in [0.15, 0.2) is 12.7 Å². The predicted molar refractivity (Wildman–Crippen MR) is 64.6 cm³/mol. The molecule has 0 amide bonds. The number of ether oxygens (including phenoxy) is 1. The van der Waals surface area contributed by atoms with Crippen molar-refractivity contribution in [2.24, 2.45) is 0 Å². The minimum Gasteiger partial charge on any atom is -0.394 e. The van der Waals surface area contributed by atoms with Crippen molar-refractivity contribution < 1.29 is 9.84 Å². The van der Waals surface area contributed by atoms with E-state index in [1.165, 1.54) is 6.33 Å². The Bertz CT molecular complexity index is 555. The molecule has 0 aliphatic carbocycles. The molecule has 3 heterocycles. The molecule has 2 atom stereocenters. The van der Waals surface area contributed by atoms with Crippen molar-refractivity contribution in [1.29, 1.82) is 0 Å². The highest BCUT2D eigenvalue weighted by Gasteiger charge is 2.24. The summed E-state index contributed by atoms with van der Waals surface area (Å²) in [4.78, 5) is 12.3. The number of hydrogen-bond donors (Lipinski definition) is 2. The normalized spacial score (nSPS) is 24.5. The SMILES string of the molecule is Nc1ncnc2c1ncn2[C@@H]1CCC[C@H](CO)O1. The fraction of sp³-hybridized carbons (Fsp3) is 0.545. The summed E-state index contributed by atoms with van der Waals surface area (Å²) in [5.41, 5.74) is 7.01. The maximum Gasteiger partial charge on any atom is 0.167 e. The van der Waals surface area contributed by atoms with Gasteiger partial charge < -0.3 is 15.6 Å². The van der Waals surface area contributed by atoms with Gasteiger partial charge in [-0.1, -0.05) is 0 Å². The van der Waals surface area contributed by atoms with Crippen LogP contribution in [0.2, 0.25) is 0 Å². The van der Waals surface area contributed by atoms with E-state index in [1.807, 2.05) is 4.57 Å². The summed E-state index contributed by atoms with van der Waals surface area (Å²) < 4.78 is 7.66. The molecule has 18 heavy (non-hydrogen) atoms. The molecule has 0 spiro atoms. The van der Waals surface area contributed by atoms with Crippen LogP contribution in [0, 0.1) is 0 Å². The highest BCUT2D eigenvalue weighted by Crippen LogP contribution is 2.29. The third-order valence-electron chi connectivity index (χ3n) is 3.23. The van der Waals surface area contributed by atoms with E-state index in [0.29, 0.717) is 17.0 Å². The van der Waals surface area contributed by atoms with Crippen molar-refractivity contribution in [3.63, 3.8) is 0 Å².